The van der Waals surface area contributed by atoms with Crippen LogP contribution in [-0.2, 0) is 14.8 Å². The van der Waals surface area contributed by atoms with E-state index in [-0.39, 0.29) is 10.9 Å². The van der Waals surface area contributed by atoms with Crippen LogP contribution in [0.15, 0.2) is 77.7 Å². The van der Waals surface area contributed by atoms with Gasteiger partial charge in [0.1, 0.15) is 6.54 Å². The monoisotopic (exact) mass is 476 g/mol. The van der Waals surface area contributed by atoms with Crippen LogP contribution in [0.1, 0.15) is 24.1 Å². The number of rotatable bonds is 7. The molecule has 0 spiro atoms. The molecule has 3 aromatic carbocycles. The van der Waals surface area contributed by atoms with Crippen molar-refractivity contribution in [1.29, 1.82) is 0 Å². The molecule has 1 atom stereocenters. The summed E-state index contributed by atoms with van der Waals surface area (Å²) in [5, 5.41) is 3.64. The van der Waals surface area contributed by atoms with Gasteiger partial charge in [-0.3, -0.25) is 9.10 Å². The molecule has 0 bridgehead atoms. The molecule has 0 saturated carbocycles. The standard InChI is InChI=1S/C23H22Cl2N2O3S/c1-16-6-8-18(9-7-16)17(2)26-23(28)15-27(21-5-3-4-20(25)14-21)31(29,30)22-12-10-19(24)11-13-22/h3-14,17H,15H2,1-2H3,(H,26,28)/t17-/m0/s1. The Kier molecular flexibility index (Phi) is 7.26. The van der Waals surface area contributed by atoms with Crippen LogP contribution in [0.2, 0.25) is 10.0 Å². The van der Waals surface area contributed by atoms with Crippen molar-refractivity contribution in [2.75, 3.05) is 10.8 Å². The Bertz CT molecular complexity index is 1160. The average molecular weight is 477 g/mol. The van der Waals surface area contributed by atoms with Crippen molar-refractivity contribution in [3.05, 3.63) is 94.0 Å². The van der Waals surface area contributed by atoms with Gasteiger partial charge in [-0.15, -0.1) is 0 Å². The fraction of sp³-hybridized carbons (Fsp3) is 0.174. The van der Waals surface area contributed by atoms with Crippen LogP contribution in [0.25, 0.3) is 0 Å². The van der Waals surface area contributed by atoms with E-state index in [1.54, 1.807) is 18.2 Å². The summed E-state index contributed by atoms with van der Waals surface area (Å²) in [4.78, 5) is 12.8. The van der Waals surface area contributed by atoms with E-state index in [1.807, 2.05) is 38.1 Å². The fourth-order valence-electron chi connectivity index (χ4n) is 3.04. The van der Waals surface area contributed by atoms with Gasteiger partial charge in [0.2, 0.25) is 5.91 Å². The molecule has 162 valence electrons. The SMILES string of the molecule is Cc1ccc([C@H](C)NC(=O)CN(c2cccc(Cl)c2)S(=O)(=O)c2ccc(Cl)cc2)cc1. The highest BCUT2D eigenvalue weighted by Crippen LogP contribution is 2.27. The van der Waals surface area contributed by atoms with E-state index in [9.17, 15) is 13.2 Å². The molecule has 0 radical (unpaired) electrons. The first kappa shape index (κ1) is 23.1. The van der Waals surface area contributed by atoms with Gasteiger partial charge in [0, 0.05) is 10.0 Å². The maximum atomic E-state index is 13.3. The van der Waals surface area contributed by atoms with Crippen molar-refractivity contribution in [2.24, 2.45) is 0 Å². The van der Waals surface area contributed by atoms with E-state index in [0.29, 0.717) is 15.7 Å². The lowest BCUT2D eigenvalue weighted by Crippen LogP contribution is -2.41. The van der Waals surface area contributed by atoms with Gasteiger partial charge in [-0.25, -0.2) is 8.42 Å². The van der Waals surface area contributed by atoms with Gasteiger partial charge >= 0.3 is 0 Å². The highest BCUT2D eigenvalue weighted by molar-refractivity contribution is 7.92. The third-order valence-corrected chi connectivity index (χ3v) is 7.02. The summed E-state index contributed by atoms with van der Waals surface area (Å²) in [6, 6.07) is 19.7. The Hall–Kier alpha value is -2.54. The minimum absolute atomic E-state index is 0.0243. The number of anilines is 1. The van der Waals surface area contributed by atoms with Gasteiger partial charge in [0.05, 0.1) is 16.6 Å². The topological polar surface area (TPSA) is 66.5 Å². The zero-order valence-corrected chi connectivity index (χ0v) is 19.4. The number of amides is 1. The largest absolute Gasteiger partial charge is 0.348 e. The van der Waals surface area contributed by atoms with Gasteiger partial charge in [-0.1, -0.05) is 59.1 Å². The molecule has 0 aliphatic carbocycles. The first-order valence-corrected chi connectivity index (χ1v) is 11.8. The number of sulfonamides is 1. The molecule has 5 nitrogen and oxygen atoms in total. The highest BCUT2D eigenvalue weighted by atomic mass is 35.5. The zero-order valence-electron chi connectivity index (χ0n) is 17.0. The molecular weight excluding hydrogens is 455 g/mol. The van der Waals surface area contributed by atoms with Crippen molar-refractivity contribution in [3.8, 4) is 0 Å². The number of hydrogen-bond acceptors (Lipinski definition) is 3. The smallest absolute Gasteiger partial charge is 0.264 e. The second-order valence-electron chi connectivity index (χ2n) is 7.15. The predicted molar refractivity (Wildman–Crippen MR) is 125 cm³/mol. The maximum absolute atomic E-state index is 13.3. The third-order valence-electron chi connectivity index (χ3n) is 4.74. The number of benzene rings is 3. The summed E-state index contributed by atoms with van der Waals surface area (Å²) in [6.45, 7) is 3.43. The molecular formula is C23H22Cl2N2O3S. The lowest BCUT2D eigenvalue weighted by Gasteiger charge is -2.25. The lowest BCUT2D eigenvalue weighted by atomic mass is 10.1. The summed E-state index contributed by atoms with van der Waals surface area (Å²) < 4.78 is 27.7. The second kappa shape index (κ2) is 9.73. The molecule has 0 aromatic heterocycles. The number of hydrogen-bond donors (Lipinski definition) is 1. The van der Waals surface area contributed by atoms with E-state index >= 15 is 0 Å². The normalized spacial score (nSPS) is 12.3. The molecule has 0 heterocycles. The number of nitrogens with zero attached hydrogens (tertiary/aromatic N) is 1. The summed E-state index contributed by atoms with van der Waals surface area (Å²) >= 11 is 12.0. The molecule has 1 amide bonds. The first-order valence-electron chi connectivity index (χ1n) is 9.56. The quantitative estimate of drug-likeness (QED) is 0.497. The predicted octanol–water partition coefficient (Wildman–Crippen LogP) is 5.37. The fourth-order valence-corrected chi connectivity index (χ4v) is 4.76. The van der Waals surface area contributed by atoms with Crippen molar-refractivity contribution >= 4 is 44.8 Å². The number of nitrogens with one attached hydrogen (secondary N) is 1. The molecule has 31 heavy (non-hydrogen) atoms. The summed E-state index contributed by atoms with van der Waals surface area (Å²) in [7, 11) is -4.03. The maximum Gasteiger partial charge on any atom is 0.264 e. The number of carbonyl (C=O) groups excluding carboxylic acids is 1. The van der Waals surface area contributed by atoms with E-state index < -0.39 is 22.5 Å². The molecule has 0 saturated heterocycles. The van der Waals surface area contributed by atoms with Gasteiger partial charge in [0.15, 0.2) is 0 Å². The van der Waals surface area contributed by atoms with Crippen LogP contribution in [-0.4, -0.2) is 20.9 Å². The van der Waals surface area contributed by atoms with E-state index in [0.717, 1.165) is 15.4 Å². The van der Waals surface area contributed by atoms with Crippen LogP contribution >= 0.6 is 23.2 Å². The molecule has 8 heteroatoms. The molecule has 0 aliphatic heterocycles. The lowest BCUT2D eigenvalue weighted by molar-refractivity contribution is -0.120. The van der Waals surface area contributed by atoms with E-state index in [1.165, 1.54) is 30.3 Å². The molecule has 0 unspecified atom stereocenters. The Balaban J connectivity index is 1.89. The summed E-state index contributed by atoms with van der Waals surface area (Å²) in [5.74, 6) is -0.439. The van der Waals surface area contributed by atoms with Gasteiger partial charge < -0.3 is 5.32 Å². The number of carbonyl (C=O) groups is 1. The van der Waals surface area contributed by atoms with Gasteiger partial charge in [0.25, 0.3) is 10.0 Å². The minimum atomic E-state index is -4.03. The zero-order chi connectivity index (χ0) is 22.6. The van der Waals surface area contributed by atoms with Crippen LogP contribution < -0.4 is 9.62 Å². The molecule has 3 rings (SSSR count). The van der Waals surface area contributed by atoms with Crippen LogP contribution in [0, 0.1) is 6.92 Å². The Morgan fingerprint density at radius 2 is 1.61 bits per heavy atom. The second-order valence-corrected chi connectivity index (χ2v) is 9.88. The molecule has 1 N–H and O–H groups in total. The van der Waals surface area contributed by atoms with Crippen LogP contribution in [0.3, 0.4) is 0 Å². The number of aryl methyl sites for hydroxylation is 1. The third kappa shape index (κ3) is 5.79. The minimum Gasteiger partial charge on any atom is -0.348 e. The van der Waals surface area contributed by atoms with Gasteiger partial charge in [-0.05, 0) is 61.9 Å². The summed E-state index contributed by atoms with van der Waals surface area (Å²) in [5.41, 5.74) is 2.33. The van der Waals surface area contributed by atoms with Gasteiger partial charge in [-0.2, -0.15) is 0 Å². The van der Waals surface area contributed by atoms with Crippen molar-refractivity contribution in [3.63, 3.8) is 0 Å². The van der Waals surface area contributed by atoms with Crippen molar-refractivity contribution in [1.82, 2.24) is 5.32 Å². The average Bonchev–Trinajstić information content (AvgIpc) is 2.72. The molecule has 0 fully saturated rings. The van der Waals surface area contributed by atoms with Crippen molar-refractivity contribution < 1.29 is 13.2 Å². The first-order chi connectivity index (χ1) is 14.7. The summed E-state index contributed by atoms with van der Waals surface area (Å²) in [6.07, 6.45) is 0. The van der Waals surface area contributed by atoms with Crippen LogP contribution in [0.5, 0.6) is 0 Å². The Morgan fingerprint density at radius 3 is 2.23 bits per heavy atom. The molecule has 0 aliphatic rings. The Labute approximate surface area is 192 Å². The number of halogens is 2. The van der Waals surface area contributed by atoms with Crippen molar-refractivity contribution in [2.45, 2.75) is 24.8 Å². The van der Waals surface area contributed by atoms with Crippen LogP contribution in [0.4, 0.5) is 5.69 Å². The molecule has 3 aromatic rings. The highest BCUT2D eigenvalue weighted by Gasteiger charge is 2.28. The van der Waals surface area contributed by atoms with E-state index in [4.69, 9.17) is 23.2 Å². The van der Waals surface area contributed by atoms with E-state index in [2.05, 4.69) is 5.32 Å². The Morgan fingerprint density at radius 1 is 0.968 bits per heavy atom.